The molecule has 0 saturated heterocycles. The third-order valence-corrected chi connectivity index (χ3v) is 3.57. The van der Waals surface area contributed by atoms with E-state index in [1.807, 2.05) is 42.5 Å². The highest BCUT2D eigenvalue weighted by molar-refractivity contribution is 5.97. The van der Waals surface area contributed by atoms with Crippen molar-refractivity contribution >= 4 is 11.6 Å². The van der Waals surface area contributed by atoms with Crippen molar-refractivity contribution in [3.63, 3.8) is 0 Å². The minimum Gasteiger partial charge on any atom is -0.482 e. The lowest BCUT2D eigenvalue weighted by Crippen LogP contribution is -2.35. The van der Waals surface area contributed by atoms with E-state index in [2.05, 4.69) is 0 Å². The molecule has 1 heterocycles. The van der Waals surface area contributed by atoms with Gasteiger partial charge in [0, 0.05) is 13.6 Å². The van der Waals surface area contributed by atoms with Gasteiger partial charge in [0.1, 0.15) is 5.75 Å². The van der Waals surface area contributed by atoms with Crippen LogP contribution in [0, 0.1) is 0 Å². The van der Waals surface area contributed by atoms with E-state index in [4.69, 9.17) is 10.5 Å². The maximum atomic E-state index is 11.6. The summed E-state index contributed by atoms with van der Waals surface area (Å²) in [5.74, 6) is 0.713. The molecule has 0 saturated carbocycles. The Balaban J connectivity index is 1.97. The Morgan fingerprint density at radius 2 is 1.85 bits per heavy atom. The minimum atomic E-state index is -0.0300. The summed E-state index contributed by atoms with van der Waals surface area (Å²) in [6, 6.07) is 14.0. The summed E-state index contributed by atoms with van der Waals surface area (Å²) in [4.78, 5) is 13.2. The summed E-state index contributed by atoms with van der Waals surface area (Å²) in [6.45, 7) is 0.638. The molecule has 4 nitrogen and oxygen atoms in total. The van der Waals surface area contributed by atoms with Gasteiger partial charge in [-0.1, -0.05) is 30.3 Å². The predicted octanol–water partition coefficient (Wildman–Crippen LogP) is 2.17. The molecule has 0 aromatic heterocycles. The summed E-state index contributed by atoms with van der Waals surface area (Å²) in [6.07, 6.45) is 0. The first-order valence-corrected chi connectivity index (χ1v) is 6.52. The Hall–Kier alpha value is -2.33. The van der Waals surface area contributed by atoms with Crippen molar-refractivity contribution in [2.45, 2.75) is 6.54 Å². The number of anilines is 1. The molecule has 102 valence electrons. The van der Waals surface area contributed by atoms with Gasteiger partial charge in [-0.3, -0.25) is 4.79 Å². The van der Waals surface area contributed by atoms with Crippen molar-refractivity contribution in [1.82, 2.24) is 0 Å². The number of nitrogens with zero attached hydrogens (tertiary/aromatic N) is 1. The first-order valence-electron chi connectivity index (χ1n) is 6.52. The van der Waals surface area contributed by atoms with Crippen LogP contribution in [-0.4, -0.2) is 19.6 Å². The number of nitrogens with two attached hydrogens (primary N) is 1. The molecule has 0 fully saturated rings. The lowest BCUT2D eigenvalue weighted by molar-refractivity contribution is -0.120. The van der Waals surface area contributed by atoms with Crippen molar-refractivity contribution < 1.29 is 9.53 Å². The van der Waals surface area contributed by atoms with Gasteiger partial charge in [0.05, 0.1) is 5.69 Å². The molecule has 0 bridgehead atoms. The topological polar surface area (TPSA) is 55.6 Å². The fourth-order valence-corrected chi connectivity index (χ4v) is 2.29. The zero-order valence-corrected chi connectivity index (χ0v) is 11.3. The van der Waals surface area contributed by atoms with Gasteiger partial charge in [0.25, 0.3) is 5.91 Å². The first-order chi connectivity index (χ1) is 9.69. The van der Waals surface area contributed by atoms with Gasteiger partial charge < -0.3 is 15.4 Å². The van der Waals surface area contributed by atoms with Crippen molar-refractivity contribution in [3.8, 4) is 16.9 Å². The number of hydrogen-bond acceptors (Lipinski definition) is 3. The van der Waals surface area contributed by atoms with Crippen LogP contribution in [0.25, 0.3) is 11.1 Å². The van der Waals surface area contributed by atoms with Crippen molar-refractivity contribution in [2.75, 3.05) is 18.6 Å². The van der Waals surface area contributed by atoms with Gasteiger partial charge in [0.15, 0.2) is 6.61 Å². The van der Waals surface area contributed by atoms with E-state index >= 15 is 0 Å². The summed E-state index contributed by atoms with van der Waals surface area (Å²) >= 11 is 0. The molecular formula is C16H16N2O2. The van der Waals surface area contributed by atoms with Crippen LogP contribution in [-0.2, 0) is 11.3 Å². The number of amides is 1. The molecule has 0 aliphatic carbocycles. The van der Waals surface area contributed by atoms with E-state index in [1.165, 1.54) is 0 Å². The predicted molar refractivity (Wildman–Crippen MR) is 78.7 cm³/mol. The highest BCUT2D eigenvalue weighted by atomic mass is 16.5. The van der Waals surface area contributed by atoms with E-state index in [9.17, 15) is 4.79 Å². The monoisotopic (exact) mass is 268 g/mol. The average Bonchev–Trinajstić information content (AvgIpc) is 2.51. The van der Waals surface area contributed by atoms with E-state index in [0.717, 1.165) is 28.1 Å². The number of ether oxygens (including phenoxy) is 1. The Morgan fingerprint density at radius 1 is 1.15 bits per heavy atom. The van der Waals surface area contributed by atoms with Crippen molar-refractivity contribution in [3.05, 3.63) is 48.0 Å². The van der Waals surface area contributed by atoms with Crippen LogP contribution in [0.3, 0.4) is 0 Å². The smallest absolute Gasteiger partial charge is 0.264 e. The maximum absolute atomic E-state index is 11.6. The van der Waals surface area contributed by atoms with Crippen molar-refractivity contribution in [2.24, 2.45) is 5.73 Å². The van der Waals surface area contributed by atoms with E-state index in [1.54, 1.807) is 11.9 Å². The van der Waals surface area contributed by atoms with E-state index < -0.39 is 0 Å². The molecule has 2 N–H and O–H groups in total. The molecule has 1 aliphatic rings. The third-order valence-electron chi connectivity index (χ3n) is 3.57. The lowest BCUT2D eigenvalue weighted by atomic mass is 10.0. The molecule has 1 aliphatic heterocycles. The number of benzene rings is 2. The summed E-state index contributed by atoms with van der Waals surface area (Å²) in [7, 11) is 1.76. The summed E-state index contributed by atoms with van der Waals surface area (Å²) in [5.41, 5.74) is 9.68. The Morgan fingerprint density at radius 3 is 2.55 bits per heavy atom. The number of rotatable bonds is 2. The molecule has 4 heteroatoms. The number of likely N-dealkylation sites (N-methyl/N-ethyl adjacent to an activating group) is 1. The van der Waals surface area contributed by atoms with Gasteiger partial charge in [-0.25, -0.2) is 0 Å². The van der Waals surface area contributed by atoms with Crippen LogP contribution >= 0.6 is 0 Å². The molecule has 2 aromatic rings. The molecular weight excluding hydrogens is 252 g/mol. The maximum Gasteiger partial charge on any atom is 0.264 e. The van der Waals surface area contributed by atoms with Crippen LogP contribution in [0.15, 0.2) is 42.5 Å². The second kappa shape index (κ2) is 4.98. The molecule has 0 unspecified atom stereocenters. The Labute approximate surface area is 117 Å². The highest BCUT2D eigenvalue weighted by Crippen LogP contribution is 2.35. The minimum absolute atomic E-state index is 0.0300. The van der Waals surface area contributed by atoms with Crippen LogP contribution < -0.4 is 15.4 Å². The quantitative estimate of drug-likeness (QED) is 0.908. The highest BCUT2D eigenvalue weighted by Gasteiger charge is 2.22. The zero-order chi connectivity index (χ0) is 14.1. The van der Waals surface area contributed by atoms with Crippen LogP contribution in [0.5, 0.6) is 5.75 Å². The molecule has 20 heavy (non-hydrogen) atoms. The molecule has 0 radical (unpaired) electrons. The molecule has 3 rings (SSSR count). The molecule has 0 atom stereocenters. The fraction of sp³-hybridized carbons (Fsp3) is 0.188. The second-order valence-corrected chi connectivity index (χ2v) is 4.82. The molecule has 1 amide bonds. The standard InChI is InChI=1S/C16H16N2O2/c1-18-14-7-6-13(8-15(14)20-10-16(18)19)12-4-2-11(9-17)3-5-12/h2-8H,9-10,17H2,1H3. The third kappa shape index (κ3) is 2.14. The van der Waals surface area contributed by atoms with Crippen LogP contribution in [0.1, 0.15) is 5.56 Å². The van der Waals surface area contributed by atoms with E-state index in [-0.39, 0.29) is 12.5 Å². The van der Waals surface area contributed by atoms with E-state index in [0.29, 0.717) is 6.54 Å². The van der Waals surface area contributed by atoms with Gasteiger partial charge in [-0.05, 0) is 28.8 Å². The lowest BCUT2D eigenvalue weighted by Gasteiger charge is -2.26. The van der Waals surface area contributed by atoms with Gasteiger partial charge in [-0.2, -0.15) is 0 Å². The Kier molecular flexibility index (Phi) is 3.16. The normalized spacial score (nSPS) is 13.9. The fourth-order valence-electron chi connectivity index (χ4n) is 2.29. The van der Waals surface area contributed by atoms with Crippen LogP contribution in [0.4, 0.5) is 5.69 Å². The largest absolute Gasteiger partial charge is 0.482 e. The molecule has 0 spiro atoms. The first kappa shape index (κ1) is 12.7. The number of carbonyl (C=O) groups is 1. The van der Waals surface area contributed by atoms with Gasteiger partial charge >= 0.3 is 0 Å². The van der Waals surface area contributed by atoms with Crippen LogP contribution in [0.2, 0.25) is 0 Å². The zero-order valence-electron chi connectivity index (χ0n) is 11.3. The second-order valence-electron chi connectivity index (χ2n) is 4.82. The van der Waals surface area contributed by atoms with Crippen molar-refractivity contribution in [1.29, 1.82) is 0 Å². The number of carbonyl (C=O) groups excluding carboxylic acids is 1. The van der Waals surface area contributed by atoms with Gasteiger partial charge in [-0.15, -0.1) is 0 Å². The van der Waals surface area contributed by atoms with Gasteiger partial charge in [0.2, 0.25) is 0 Å². The molecule has 2 aromatic carbocycles. The Bertz CT molecular complexity index is 650. The number of fused-ring (bicyclic) bond motifs is 1. The average molecular weight is 268 g/mol. The number of hydrogen-bond donors (Lipinski definition) is 1. The SMILES string of the molecule is CN1C(=O)COc2cc(-c3ccc(CN)cc3)ccc21. The summed E-state index contributed by atoms with van der Waals surface area (Å²) < 4.78 is 5.50. The summed E-state index contributed by atoms with van der Waals surface area (Å²) in [5, 5.41) is 0.